The summed E-state index contributed by atoms with van der Waals surface area (Å²) in [7, 11) is 1.55. The fraction of sp³-hybridized carbons (Fsp3) is 0.217. The number of carbonyl (C=O) groups excluding carboxylic acids is 2. The summed E-state index contributed by atoms with van der Waals surface area (Å²) in [6.07, 6.45) is 1.56. The number of anilines is 1. The molecule has 5 rings (SSSR count). The molecule has 3 aromatic heterocycles. The minimum atomic E-state index is -0.548. The van der Waals surface area contributed by atoms with Gasteiger partial charge in [0.2, 0.25) is 0 Å². The number of hydrogen-bond donors (Lipinski definition) is 3. The van der Waals surface area contributed by atoms with E-state index >= 15 is 0 Å². The van der Waals surface area contributed by atoms with Gasteiger partial charge < -0.3 is 25.7 Å². The molecule has 0 atom stereocenters. The van der Waals surface area contributed by atoms with Crippen molar-refractivity contribution in [1.82, 2.24) is 20.3 Å². The van der Waals surface area contributed by atoms with E-state index in [9.17, 15) is 9.59 Å². The smallest absolute Gasteiger partial charge is 0.269 e. The Morgan fingerprint density at radius 1 is 1.16 bits per heavy atom. The summed E-state index contributed by atoms with van der Waals surface area (Å²) < 4.78 is 5.44. The average molecular weight is 430 g/mol. The van der Waals surface area contributed by atoms with Crippen molar-refractivity contribution in [2.24, 2.45) is 5.73 Å². The number of aromatic amines is 1. The number of morpholine rings is 1. The molecule has 1 aliphatic heterocycles. The minimum absolute atomic E-state index is 0.273. The first-order valence-corrected chi connectivity index (χ1v) is 10.3. The number of pyridine rings is 2. The first kappa shape index (κ1) is 20.0. The Labute approximate surface area is 183 Å². The van der Waals surface area contributed by atoms with E-state index in [-0.39, 0.29) is 5.91 Å². The van der Waals surface area contributed by atoms with Crippen molar-refractivity contribution in [1.29, 1.82) is 0 Å². The van der Waals surface area contributed by atoms with E-state index in [0.717, 1.165) is 29.7 Å². The minimum Gasteiger partial charge on any atom is -0.378 e. The van der Waals surface area contributed by atoms with Gasteiger partial charge in [0.25, 0.3) is 11.8 Å². The Kier molecular flexibility index (Phi) is 4.95. The van der Waals surface area contributed by atoms with Crippen molar-refractivity contribution in [2.45, 2.75) is 0 Å². The zero-order valence-corrected chi connectivity index (χ0v) is 17.5. The number of rotatable bonds is 4. The number of nitrogens with one attached hydrogen (secondary N) is 2. The van der Waals surface area contributed by atoms with E-state index in [4.69, 9.17) is 15.5 Å². The number of primary amides is 1. The normalized spacial score (nSPS) is 14.1. The summed E-state index contributed by atoms with van der Waals surface area (Å²) >= 11 is 0. The van der Waals surface area contributed by atoms with Crippen LogP contribution in [0.25, 0.3) is 33.2 Å². The third-order valence-electron chi connectivity index (χ3n) is 5.70. The van der Waals surface area contributed by atoms with Gasteiger partial charge in [0.1, 0.15) is 5.69 Å². The van der Waals surface area contributed by atoms with E-state index in [1.165, 1.54) is 0 Å². The molecular formula is C23H22N6O3. The predicted octanol–water partition coefficient (Wildman–Crippen LogP) is 2.07. The molecule has 1 aliphatic rings. The van der Waals surface area contributed by atoms with Crippen LogP contribution in [-0.4, -0.2) is 60.1 Å². The third kappa shape index (κ3) is 3.42. The molecule has 4 N–H and O–H groups in total. The molecule has 1 aromatic carbocycles. The highest BCUT2D eigenvalue weighted by molar-refractivity contribution is 6.14. The maximum absolute atomic E-state index is 12.3. The number of carbonyl (C=O) groups is 2. The number of H-pyrrole nitrogens is 1. The molecule has 2 amide bonds. The zero-order valence-electron chi connectivity index (χ0n) is 17.5. The fourth-order valence-electron chi connectivity index (χ4n) is 4.01. The predicted molar refractivity (Wildman–Crippen MR) is 122 cm³/mol. The Morgan fingerprint density at radius 2 is 1.97 bits per heavy atom. The van der Waals surface area contributed by atoms with Gasteiger partial charge in [0.05, 0.1) is 41.0 Å². The molecule has 0 spiro atoms. The van der Waals surface area contributed by atoms with Crippen LogP contribution in [0.5, 0.6) is 0 Å². The maximum atomic E-state index is 12.3. The van der Waals surface area contributed by atoms with Gasteiger partial charge in [-0.25, -0.2) is 4.98 Å². The van der Waals surface area contributed by atoms with Crippen LogP contribution in [0.4, 0.5) is 5.69 Å². The van der Waals surface area contributed by atoms with Crippen molar-refractivity contribution >= 4 is 39.4 Å². The maximum Gasteiger partial charge on any atom is 0.269 e. The van der Waals surface area contributed by atoms with E-state index in [2.05, 4.69) is 32.3 Å². The van der Waals surface area contributed by atoms with Crippen LogP contribution in [0.1, 0.15) is 20.8 Å². The number of aromatic nitrogens is 3. The van der Waals surface area contributed by atoms with Crippen molar-refractivity contribution < 1.29 is 14.3 Å². The Bertz CT molecular complexity index is 1340. The van der Waals surface area contributed by atoms with Crippen LogP contribution in [0, 0.1) is 0 Å². The third-order valence-corrected chi connectivity index (χ3v) is 5.70. The summed E-state index contributed by atoms with van der Waals surface area (Å²) in [5.41, 5.74) is 10.8. The van der Waals surface area contributed by atoms with Gasteiger partial charge in [-0.2, -0.15) is 0 Å². The van der Waals surface area contributed by atoms with Gasteiger partial charge in [0, 0.05) is 43.0 Å². The molecule has 0 radical (unpaired) electrons. The van der Waals surface area contributed by atoms with E-state index in [0.29, 0.717) is 46.8 Å². The Hall–Kier alpha value is -3.98. The first-order chi connectivity index (χ1) is 15.5. The number of nitrogens with two attached hydrogens (primary N) is 1. The highest BCUT2D eigenvalue weighted by Gasteiger charge is 2.18. The number of nitrogens with zero attached hydrogens (tertiary/aromatic N) is 3. The largest absolute Gasteiger partial charge is 0.378 e. The highest BCUT2D eigenvalue weighted by atomic mass is 16.5. The Balaban J connectivity index is 1.63. The molecular weight excluding hydrogens is 408 g/mol. The van der Waals surface area contributed by atoms with Crippen molar-refractivity contribution in [3.63, 3.8) is 0 Å². The number of fused-ring (bicyclic) bond motifs is 3. The molecule has 0 saturated carbocycles. The lowest BCUT2D eigenvalue weighted by atomic mass is 10.1. The van der Waals surface area contributed by atoms with Gasteiger partial charge in [-0.1, -0.05) is 0 Å². The summed E-state index contributed by atoms with van der Waals surface area (Å²) in [5, 5.41) is 3.44. The van der Waals surface area contributed by atoms with Crippen LogP contribution in [0.15, 0.2) is 42.6 Å². The van der Waals surface area contributed by atoms with Crippen molar-refractivity contribution in [3.8, 4) is 11.3 Å². The number of benzene rings is 1. The van der Waals surface area contributed by atoms with Gasteiger partial charge >= 0.3 is 0 Å². The molecule has 1 fully saturated rings. The summed E-state index contributed by atoms with van der Waals surface area (Å²) in [4.78, 5) is 38.6. The number of ether oxygens (including phenoxy) is 1. The van der Waals surface area contributed by atoms with Crippen LogP contribution in [0.3, 0.4) is 0 Å². The molecule has 162 valence electrons. The van der Waals surface area contributed by atoms with Crippen molar-refractivity contribution in [3.05, 3.63) is 53.9 Å². The second-order valence-corrected chi connectivity index (χ2v) is 7.61. The Morgan fingerprint density at radius 3 is 2.66 bits per heavy atom. The van der Waals surface area contributed by atoms with Gasteiger partial charge in [-0.3, -0.25) is 14.6 Å². The summed E-state index contributed by atoms with van der Waals surface area (Å²) in [6, 6.07) is 11.1. The van der Waals surface area contributed by atoms with E-state index < -0.39 is 5.91 Å². The molecule has 0 aliphatic carbocycles. The number of hydrogen-bond acceptors (Lipinski definition) is 6. The number of amides is 2. The van der Waals surface area contributed by atoms with Gasteiger partial charge in [0.15, 0.2) is 0 Å². The van der Waals surface area contributed by atoms with E-state index in [1.54, 1.807) is 31.4 Å². The summed E-state index contributed by atoms with van der Waals surface area (Å²) in [6.45, 7) is 3.07. The summed E-state index contributed by atoms with van der Waals surface area (Å²) in [5.74, 6) is -0.820. The molecule has 9 nitrogen and oxygen atoms in total. The van der Waals surface area contributed by atoms with Crippen LogP contribution >= 0.6 is 0 Å². The highest BCUT2D eigenvalue weighted by Crippen LogP contribution is 2.32. The van der Waals surface area contributed by atoms with E-state index in [1.807, 2.05) is 6.07 Å². The second kappa shape index (κ2) is 7.93. The fourth-order valence-corrected chi connectivity index (χ4v) is 4.01. The monoisotopic (exact) mass is 430 g/mol. The lowest BCUT2D eigenvalue weighted by Gasteiger charge is -2.28. The molecule has 1 saturated heterocycles. The molecule has 4 aromatic rings. The molecule has 32 heavy (non-hydrogen) atoms. The topological polar surface area (TPSA) is 126 Å². The standard InChI is InChI=1S/C23H22N6O3/c1-25-23(31)17-5-2-13(12-26-17)18-11-16(22(24)30)21-20(27-18)15-4-3-14(10-19(15)28-21)29-6-8-32-9-7-29/h2-5,10-12,28H,6-9H2,1H3,(H2,24,30)(H,25,31). The van der Waals surface area contributed by atoms with Crippen LogP contribution in [-0.2, 0) is 4.74 Å². The quantitative estimate of drug-likeness (QED) is 0.455. The molecule has 0 unspecified atom stereocenters. The first-order valence-electron chi connectivity index (χ1n) is 10.3. The lowest BCUT2D eigenvalue weighted by molar-refractivity contribution is 0.0956. The SMILES string of the molecule is CNC(=O)c1ccc(-c2cc(C(N)=O)c3[nH]c4cc(N5CCOCC5)ccc4c3n2)cn1. The molecule has 4 heterocycles. The average Bonchev–Trinajstić information content (AvgIpc) is 3.21. The van der Waals surface area contributed by atoms with Gasteiger partial charge in [-0.05, 0) is 36.4 Å². The zero-order chi connectivity index (χ0) is 22.2. The lowest BCUT2D eigenvalue weighted by Crippen LogP contribution is -2.36. The second-order valence-electron chi connectivity index (χ2n) is 7.61. The van der Waals surface area contributed by atoms with Crippen LogP contribution in [0.2, 0.25) is 0 Å². The van der Waals surface area contributed by atoms with Gasteiger partial charge in [-0.15, -0.1) is 0 Å². The van der Waals surface area contributed by atoms with Crippen LogP contribution < -0.4 is 16.0 Å². The molecule has 0 bridgehead atoms. The van der Waals surface area contributed by atoms with Crippen molar-refractivity contribution in [2.75, 3.05) is 38.3 Å². The molecule has 9 heteroatoms.